The van der Waals surface area contributed by atoms with Gasteiger partial charge in [-0.3, -0.25) is 14.4 Å². The number of carbonyl (C=O) groups excluding carboxylic acids is 3. The summed E-state index contributed by atoms with van der Waals surface area (Å²) >= 11 is 0. The summed E-state index contributed by atoms with van der Waals surface area (Å²) in [5.74, 6) is -3.46. The molecule has 0 aromatic heterocycles. The predicted molar refractivity (Wildman–Crippen MR) is 148 cm³/mol. The molecule has 10 heteroatoms. The summed E-state index contributed by atoms with van der Waals surface area (Å²) in [4.78, 5) is 40.8. The van der Waals surface area contributed by atoms with E-state index in [4.69, 9.17) is 0 Å². The molecule has 3 N–H and O–H groups in total. The molecular weight excluding hydrogens is 518 g/mol. The molecule has 1 fully saturated rings. The van der Waals surface area contributed by atoms with Gasteiger partial charge in [0.1, 0.15) is 18.2 Å². The van der Waals surface area contributed by atoms with Crippen molar-refractivity contribution in [3.8, 4) is 0 Å². The van der Waals surface area contributed by atoms with Crippen molar-refractivity contribution in [3.63, 3.8) is 0 Å². The van der Waals surface area contributed by atoms with Gasteiger partial charge in [0.15, 0.2) is 0 Å². The van der Waals surface area contributed by atoms with Gasteiger partial charge in [-0.2, -0.15) is 0 Å². The third-order valence-electron chi connectivity index (χ3n) is 7.03. The van der Waals surface area contributed by atoms with Crippen molar-refractivity contribution in [1.82, 2.24) is 20.4 Å². The molecule has 0 aliphatic carbocycles. The molecule has 0 bridgehead atoms. The standard InChI is InChI=1S/C30H40F2N4O4/c1-3-5-6-10-35-11-12-36(30(40)29(35)39)20-28(38)34-26(16-23-14-24(31)17-25(32)15-23)27(37)19-33-18-22-9-7-8-21(4-2)13-22/h7-9,13-15,17,26-27,33,37H,3-6,10-12,16,18-20H2,1-2H3,(H,34,38). The minimum Gasteiger partial charge on any atom is -0.390 e. The monoisotopic (exact) mass is 558 g/mol. The molecule has 1 saturated heterocycles. The lowest BCUT2D eigenvalue weighted by Gasteiger charge is -2.34. The van der Waals surface area contributed by atoms with Gasteiger partial charge in [0.2, 0.25) is 5.91 Å². The molecule has 0 saturated carbocycles. The number of aliphatic hydroxyl groups excluding tert-OH is 1. The van der Waals surface area contributed by atoms with Gasteiger partial charge < -0.3 is 25.5 Å². The van der Waals surface area contributed by atoms with E-state index in [1.54, 1.807) is 0 Å². The van der Waals surface area contributed by atoms with Crippen LogP contribution in [0.5, 0.6) is 0 Å². The fourth-order valence-electron chi connectivity index (χ4n) is 4.79. The number of hydrogen-bond acceptors (Lipinski definition) is 5. The zero-order valence-electron chi connectivity index (χ0n) is 23.3. The Morgan fingerprint density at radius 1 is 0.950 bits per heavy atom. The highest BCUT2D eigenvalue weighted by molar-refractivity contribution is 6.35. The maximum absolute atomic E-state index is 13.8. The highest BCUT2D eigenvalue weighted by Crippen LogP contribution is 2.13. The average molecular weight is 559 g/mol. The van der Waals surface area contributed by atoms with E-state index in [9.17, 15) is 28.3 Å². The van der Waals surface area contributed by atoms with E-state index in [0.717, 1.165) is 49.4 Å². The average Bonchev–Trinajstić information content (AvgIpc) is 2.91. The lowest BCUT2D eigenvalue weighted by molar-refractivity contribution is -0.157. The van der Waals surface area contributed by atoms with Crippen molar-refractivity contribution in [3.05, 3.63) is 70.8 Å². The number of nitrogens with one attached hydrogen (secondary N) is 2. The first-order valence-electron chi connectivity index (χ1n) is 14.0. The lowest BCUT2D eigenvalue weighted by atomic mass is 10.0. The van der Waals surface area contributed by atoms with Gasteiger partial charge in [0.25, 0.3) is 0 Å². The quantitative estimate of drug-likeness (QED) is 0.230. The third kappa shape index (κ3) is 9.38. The van der Waals surface area contributed by atoms with Crippen LogP contribution in [-0.2, 0) is 33.8 Å². The van der Waals surface area contributed by atoms with Gasteiger partial charge in [0, 0.05) is 38.8 Å². The molecule has 0 spiro atoms. The largest absolute Gasteiger partial charge is 0.390 e. The summed E-state index contributed by atoms with van der Waals surface area (Å²) in [6.07, 6.45) is 2.54. The number of unbranched alkanes of at least 4 members (excludes halogenated alkanes) is 2. The Kier molecular flexibility index (Phi) is 12.0. The predicted octanol–water partition coefficient (Wildman–Crippen LogP) is 2.57. The Hall–Kier alpha value is -3.37. The van der Waals surface area contributed by atoms with Crippen molar-refractivity contribution < 1.29 is 28.3 Å². The maximum atomic E-state index is 13.8. The number of rotatable bonds is 15. The highest BCUT2D eigenvalue weighted by Gasteiger charge is 2.33. The number of amides is 3. The fraction of sp³-hybridized carbons (Fsp3) is 0.500. The van der Waals surface area contributed by atoms with E-state index in [2.05, 4.69) is 30.5 Å². The van der Waals surface area contributed by atoms with Crippen molar-refractivity contribution in [1.29, 1.82) is 0 Å². The first-order chi connectivity index (χ1) is 19.2. The van der Waals surface area contributed by atoms with E-state index in [0.29, 0.717) is 19.6 Å². The van der Waals surface area contributed by atoms with Crippen LogP contribution in [-0.4, -0.2) is 77.5 Å². The number of aliphatic hydroxyl groups is 1. The number of nitrogens with zero attached hydrogens (tertiary/aromatic N) is 2. The number of aryl methyl sites for hydroxylation is 1. The second-order valence-corrected chi connectivity index (χ2v) is 10.3. The lowest BCUT2D eigenvalue weighted by Crippen LogP contribution is -2.57. The minimum absolute atomic E-state index is 0.0350. The van der Waals surface area contributed by atoms with Crippen LogP contribution >= 0.6 is 0 Å². The van der Waals surface area contributed by atoms with Crippen molar-refractivity contribution in [2.45, 2.75) is 64.6 Å². The van der Waals surface area contributed by atoms with E-state index in [1.807, 2.05) is 18.2 Å². The SMILES string of the molecule is CCCCCN1CCN(CC(=O)NC(Cc2cc(F)cc(F)c2)C(O)CNCc2cccc(CC)c2)C(=O)C1=O. The van der Waals surface area contributed by atoms with E-state index >= 15 is 0 Å². The second-order valence-electron chi connectivity index (χ2n) is 10.3. The first kappa shape index (κ1) is 31.2. The molecule has 3 rings (SSSR count). The number of benzene rings is 2. The summed E-state index contributed by atoms with van der Waals surface area (Å²) < 4.78 is 27.7. The molecule has 2 unspecified atom stereocenters. The Labute approximate surface area is 234 Å². The summed E-state index contributed by atoms with van der Waals surface area (Å²) in [5.41, 5.74) is 2.49. The van der Waals surface area contributed by atoms with Gasteiger partial charge in [-0.15, -0.1) is 0 Å². The van der Waals surface area contributed by atoms with Crippen LogP contribution in [0.15, 0.2) is 42.5 Å². The summed E-state index contributed by atoms with van der Waals surface area (Å²) in [6, 6.07) is 10.2. The molecule has 3 amide bonds. The Bertz CT molecular complexity index is 1140. The number of hydrogen-bond donors (Lipinski definition) is 3. The second kappa shape index (κ2) is 15.4. The van der Waals surface area contributed by atoms with Crippen LogP contribution in [0.25, 0.3) is 0 Å². The number of halogens is 2. The third-order valence-corrected chi connectivity index (χ3v) is 7.03. The summed E-state index contributed by atoms with van der Waals surface area (Å²) in [6.45, 7) is 5.43. The molecule has 40 heavy (non-hydrogen) atoms. The number of carbonyl (C=O) groups is 3. The smallest absolute Gasteiger partial charge is 0.312 e. The van der Waals surface area contributed by atoms with Crippen LogP contribution in [0.4, 0.5) is 8.78 Å². The fourth-order valence-corrected chi connectivity index (χ4v) is 4.79. The molecular formula is C30H40F2N4O4. The van der Waals surface area contributed by atoms with Gasteiger partial charge in [-0.1, -0.05) is 51.0 Å². The summed E-state index contributed by atoms with van der Waals surface area (Å²) in [5, 5.41) is 16.9. The minimum atomic E-state index is -1.10. The maximum Gasteiger partial charge on any atom is 0.312 e. The topological polar surface area (TPSA) is 102 Å². The molecule has 0 radical (unpaired) electrons. The highest BCUT2D eigenvalue weighted by atomic mass is 19.1. The van der Waals surface area contributed by atoms with Gasteiger partial charge >= 0.3 is 11.8 Å². The molecule has 1 aliphatic rings. The van der Waals surface area contributed by atoms with Gasteiger partial charge in [-0.05, 0) is 48.1 Å². The van der Waals surface area contributed by atoms with Gasteiger partial charge in [-0.25, -0.2) is 8.78 Å². The van der Waals surface area contributed by atoms with Crippen LogP contribution in [0, 0.1) is 11.6 Å². The van der Waals surface area contributed by atoms with Crippen LogP contribution in [0.1, 0.15) is 49.8 Å². The van der Waals surface area contributed by atoms with Crippen LogP contribution < -0.4 is 10.6 Å². The normalized spacial score (nSPS) is 15.3. The molecule has 1 heterocycles. The molecule has 218 valence electrons. The Morgan fingerprint density at radius 2 is 1.62 bits per heavy atom. The van der Waals surface area contributed by atoms with Crippen molar-refractivity contribution in [2.24, 2.45) is 0 Å². The van der Waals surface area contributed by atoms with Crippen molar-refractivity contribution >= 4 is 17.7 Å². The first-order valence-corrected chi connectivity index (χ1v) is 14.0. The molecule has 8 nitrogen and oxygen atoms in total. The molecule has 2 aromatic rings. The zero-order chi connectivity index (χ0) is 29.1. The van der Waals surface area contributed by atoms with E-state index in [-0.39, 0.29) is 31.6 Å². The van der Waals surface area contributed by atoms with Crippen LogP contribution in [0.3, 0.4) is 0 Å². The van der Waals surface area contributed by atoms with Crippen LogP contribution in [0.2, 0.25) is 0 Å². The molecule has 1 aliphatic heterocycles. The summed E-state index contributed by atoms with van der Waals surface area (Å²) in [7, 11) is 0. The molecule has 2 atom stereocenters. The Morgan fingerprint density at radius 3 is 2.33 bits per heavy atom. The zero-order valence-corrected chi connectivity index (χ0v) is 23.3. The van der Waals surface area contributed by atoms with E-state index in [1.165, 1.54) is 15.4 Å². The van der Waals surface area contributed by atoms with E-state index < -0.39 is 41.5 Å². The van der Waals surface area contributed by atoms with Crippen molar-refractivity contribution in [2.75, 3.05) is 32.7 Å². The Balaban J connectivity index is 1.62. The molecule has 2 aromatic carbocycles. The van der Waals surface area contributed by atoms with Gasteiger partial charge in [0.05, 0.1) is 12.1 Å². The number of piperazine rings is 1.